The van der Waals surface area contributed by atoms with E-state index in [2.05, 4.69) is 5.32 Å². The third kappa shape index (κ3) is 3.93. The molecule has 2 fully saturated rings. The molecule has 6 nitrogen and oxygen atoms in total. The van der Waals surface area contributed by atoms with Crippen molar-refractivity contribution in [1.82, 2.24) is 15.1 Å². The number of nitrogens with one attached hydrogen (secondary N) is 1. The zero-order valence-electron chi connectivity index (χ0n) is 12.3. The molecule has 0 saturated carbocycles. The van der Waals surface area contributed by atoms with Gasteiger partial charge in [0, 0.05) is 39.8 Å². The van der Waals surface area contributed by atoms with Crippen LogP contribution in [-0.2, 0) is 14.3 Å². The van der Waals surface area contributed by atoms with Gasteiger partial charge in [0.2, 0.25) is 11.8 Å². The minimum Gasteiger partial charge on any atom is -0.383 e. The molecule has 2 aliphatic rings. The smallest absolute Gasteiger partial charge is 0.240 e. The Hall–Kier alpha value is -1.14. The van der Waals surface area contributed by atoms with Gasteiger partial charge in [-0.3, -0.25) is 9.59 Å². The zero-order chi connectivity index (χ0) is 14.4. The highest BCUT2D eigenvalue weighted by molar-refractivity contribution is 5.89. The van der Waals surface area contributed by atoms with Gasteiger partial charge in [-0.25, -0.2) is 0 Å². The summed E-state index contributed by atoms with van der Waals surface area (Å²) in [6.07, 6.45) is 3.65. The van der Waals surface area contributed by atoms with Crippen LogP contribution in [0.2, 0.25) is 0 Å². The van der Waals surface area contributed by atoms with Crippen molar-refractivity contribution in [2.24, 2.45) is 0 Å². The van der Waals surface area contributed by atoms with E-state index >= 15 is 0 Å². The molecule has 20 heavy (non-hydrogen) atoms. The number of hydrogen-bond acceptors (Lipinski definition) is 4. The number of piperazine rings is 1. The maximum Gasteiger partial charge on any atom is 0.240 e. The Kier molecular flexibility index (Phi) is 5.79. The first-order valence-corrected chi connectivity index (χ1v) is 7.51. The summed E-state index contributed by atoms with van der Waals surface area (Å²) >= 11 is 0. The number of piperidine rings is 1. The lowest BCUT2D eigenvalue weighted by atomic mass is 10.1. The van der Waals surface area contributed by atoms with E-state index in [-0.39, 0.29) is 24.3 Å². The van der Waals surface area contributed by atoms with E-state index in [0.29, 0.717) is 19.7 Å². The first kappa shape index (κ1) is 15.3. The Morgan fingerprint density at radius 2 is 2.05 bits per heavy atom. The standard InChI is InChI=1S/C14H25N3O3/c1-20-10-9-17-8-5-15-12(14(17)19)11-13(18)16-6-3-2-4-7-16/h12,15H,2-11H2,1H3. The number of likely N-dealkylation sites (tertiary alicyclic amines) is 1. The molecular formula is C14H25N3O3. The molecule has 0 radical (unpaired) electrons. The fourth-order valence-electron chi connectivity index (χ4n) is 2.82. The van der Waals surface area contributed by atoms with Crippen molar-refractivity contribution in [3.8, 4) is 0 Å². The molecular weight excluding hydrogens is 258 g/mol. The Labute approximate surface area is 120 Å². The summed E-state index contributed by atoms with van der Waals surface area (Å²) in [6.45, 7) is 4.26. The Bertz CT molecular complexity index is 343. The summed E-state index contributed by atoms with van der Waals surface area (Å²) in [5, 5.41) is 3.17. The number of amides is 2. The van der Waals surface area contributed by atoms with E-state index in [4.69, 9.17) is 4.74 Å². The van der Waals surface area contributed by atoms with Crippen molar-refractivity contribution in [1.29, 1.82) is 0 Å². The van der Waals surface area contributed by atoms with E-state index < -0.39 is 0 Å². The van der Waals surface area contributed by atoms with Gasteiger partial charge in [-0.05, 0) is 19.3 Å². The minimum absolute atomic E-state index is 0.0265. The maximum atomic E-state index is 12.3. The largest absolute Gasteiger partial charge is 0.383 e. The predicted octanol–water partition coefficient (Wildman–Crippen LogP) is -0.164. The molecule has 1 N–H and O–H groups in total. The van der Waals surface area contributed by atoms with E-state index in [0.717, 1.165) is 32.5 Å². The molecule has 1 atom stereocenters. The quantitative estimate of drug-likeness (QED) is 0.761. The van der Waals surface area contributed by atoms with E-state index in [1.165, 1.54) is 6.42 Å². The molecule has 0 aliphatic carbocycles. The molecule has 2 amide bonds. The second kappa shape index (κ2) is 7.59. The van der Waals surface area contributed by atoms with Gasteiger partial charge in [-0.15, -0.1) is 0 Å². The van der Waals surface area contributed by atoms with E-state index in [1.807, 2.05) is 4.90 Å². The summed E-state index contributed by atoms with van der Waals surface area (Å²) in [6, 6.07) is -0.366. The van der Waals surface area contributed by atoms with Gasteiger partial charge in [0.05, 0.1) is 19.1 Å². The second-order valence-corrected chi connectivity index (χ2v) is 5.47. The number of carbonyl (C=O) groups is 2. The van der Waals surface area contributed by atoms with Crippen LogP contribution in [0.1, 0.15) is 25.7 Å². The fraction of sp³-hybridized carbons (Fsp3) is 0.857. The molecule has 0 bridgehead atoms. The molecule has 114 valence electrons. The van der Waals surface area contributed by atoms with Crippen molar-refractivity contribution in [3.05, 3.63) is 0 Å². The van der Waals surface area contributed by atoms with Crippen LogP contribution >= 0.6 is 0 Å². The van der Waals surface area contributed by atoms with Crippen LogP contribution in [0.5, 0.6) is 0 Å². The molecule has 2 heterocycles. The summed E-state index contributed by atoms with van der Waals surface area (Å²) in [7, 11) is 1.63. The van der Waals surface area contributed by atoms with Gasteiger partial charge in [0.25, 0.3) is 0 Å². The molecule has 2 rings (SSSR count). The monoisotopic (exact) mass is 283 g/mol. The van der Waals surface area contributed by atoms with Crippen LogP contribution in [-0.4, -0.2) is 74.1 Å². The lowest BCUT2D eigenvalue weighted by Gasteiger charge is -2.34. The Balaban J connectivity index is 1.84. The molecule has 0 aromatic rings. The summed E-state index contributed by atoms with van der Waals surface area (Å²) in [4.78, 5) is 28.2. The molecule has 0 aromatic heterocycles. The fourth-order valence-corrected chi connectivity index (χ4v) is 2.82. The number of methoxy groups -OCH3 is 1. The first-order valence-electron chi connectivity index (χ1n) is 7.51. The lowest BCUT2D eigenvalue weighted by molar-refractivity contribution is -0.141. The topological polar surface area (TPSA) is 61.9 Å². The highest BCUT2D eigenvalue weighted by Crippen LogP contribution is 2.12. The molecule has 0 spiro atoms. The zero-order valence-corrected chi connectivity index (χ0v) is 12.3. The highest BCUT2D eigenvalue weighted by Gasteiger charge is 2.31. The van der Waals surface area contributed by atoms with Gasteiger partial charge in [0.1, 0.15) is 0 Å². The van der Waals surface area contributed by atoms with Gasteiger partial charge in [-0.1, -0.05) is 0 Å². The highest BCUT2D eigenvalue weighted by atomic mass is 16.5. The molecule has 2 saturated heterocycles. The van der Waals surface area contributed by atoms with Crippen LogP contribution in [0.25, 0.3) is 0 Å². The summed E-state index contributed by atoms with van der Waals surface area (Å²) in [5.74, 6) is 0.128. The second-order valence-electron chi connectivity index (χ2n) is 5.47. The third-order valence-corrected chi connectivity index (χ3v) is 4.04. The molecule has 2 aliphatic heterocycles. The number of hydrogen-bond donors (Lipinski definition) is 1. The van der Waals surface area contributed by atoms with E-state index in [1.54, 1.807) is 12.0 Å². The van der Waals surface area contributed by atoms with Gasteiger partial charge < -0.3 is 19.9 Å². The van der Waals surface area contributed by atoms with Crippen molar-refractivity contribution >= 4 is 11.8 Å². The molecule has 6 heteroatoms. The Morgan fingerprint density at radius 1 is 1.30 bits per heavy atom. The number of carbonyl (C=O) groups excluding carboxylic acids is 2. The van der Waals surface area contributed by atoms with Crippen LogP contribution < -0.4 is 5.32 Å². The van der Waals surface area contributed by atoms with Crippen molar-refractivity contribution in [2.75, 3.05) is 46.4 Å². The van der Waals surface area contributed by atoms with Gasteiger partial charge in [-0.2, -0.15) is 0 Å². The normalized spacial score (nSPS) is 24.1. The number of rotatable bonds is 5. The summed E-state index contributed by atoms with van der Waals surface area (Å²) in [5.41, 5.74) is 0. The van der Waals surface area contributed by atoms with Crippen LogP contribution in [0.15, 0.2) is 0 Å². The SMILES string of the molecule is COCCN1CCNC(CC(=O)N2CCCCC2)C1=O. The number of nitrogens with zero attached hydrogens (tertiary/aromatic N) is 2. The lowest BCUT2D eigenvalue weighted by Crippen LogP contribution is -2.57. The van der Waals surface area contributed by atoms with Gasteiger partial charge >= 0.3 is 0 Å². The number of ether oxygens (including phenoxy) is 1. The van der Waals surface area contributed by atoms with Crippen LogP contribution in [0.4, 0.5) is 0 Å². The van der Waals surface area contributed by atoms with Crippen molar-refractivity contribution in [2.45, 2.75) is 31.7 Å². The van der Waals surface area contributed by atoms with Crippen LogP contribution in [0.3, 0.4) is 0 Å². The van der Waals surface area contributed by atoms with Gasteiger partial charge in [0.15, 0.2) is 0 Å². The molecule has 0 aromatic carbocycles. The van der Waals surface area contributed by atoms with E-state index in [9.17, 15) is 9.59 Å². The average molecular weight is 283 g/mol. The minimum atomic E-state index is -0.366. The Morgan fingerprint density at radius 3 is 2.75 bits per heavy atom. The predicted molar refractivity (Wildman–Crippen MR) is 75.3 cm³/mol. The summed E-state index contributed by atoms with van der Waals surface area (Å²) < 4.78 is 5.01. The maximum absolute atomic E-state index is 12.3. The average Bonchev–Trinajstić information content (AvgIpc) is 2.49. The third-order valence-electron chi connectivity index (χ3n) is 4.04. The molecule has 1 unspecified atom stereocenters. The van der Waals surface area contributed by atoms with Crippen LogP contribution in [0, 0.1) is 0 Å². The first-order chi connectivity index (χ1) is 9.72. The van der Waals surface area contributed by atoms with Crippen molar-refractivity contribution in [3.63, 3.8) is 0 Å². The van der Waals surface area contributed by atoms with Crippen molar-refractivity contribution < 1.29 is 14.3 Å².